The van der Waals surface area contributed by atoms with Crippen LogP contribution in [-0.4, -0.2) is 52.9 Å². The number of H-pyrrole nitrogens is 1. The van der Waals surface area contributed by atoms with Gasteiger partial charge in [0.25, 0.3) is 5.91 Å². The second kappa shape index (κ2) is 6.98. The van der Waals surface area contributed by atoms with E-state index >= 15 is 0 Å². The first-order valence-electron chi connectivity index (χ1n) is 9.13. The van der Waals surface area contributed by atoms with Crippen LogP contribution in [0, 0.1) is 0 Å². The largest absolute Gasteiger partial charge is 0.360 e. The van der Waals surface area contributed by atoms with Gasteiger partial charge in [0.1, 0.15) is 0 Å². The first kappa shape index (κ1) is 17.0. The van der Waals surface area contributed by atoms with E-state index in [1.807, 2.05) is 30.3 Å². The number of aromatic nitrogens is 1. The Hall–Kier alpha value is -1.81. The quantitative estimate of drug-likeness (QED) is 0.930. The number of nitrogens with zero attached hydrogens (tertiary/aromatic N) is 2. The second-order valence-electron chi connectivity index (χ2n) is 7.17. The van der Waals surface area contributed by atoms with Gasteiger partial charge in [0, 0.05) is 49.3 Å². The summed E-state index contributed by atoms with van der Waals surface area (Å²) in [7, 11) is 1.96. The summed E-state index contributed by atoms with van der Waals surface area (Å²) in [6.07, 6.45) is 4.97. The van der Waals surface area contributed by atoms with Crippen LogP contribution in [0.2, 0.25) is 0 Å². The van der Waals surface area contributed by atoms with Crippen LogP contribution in [0.3, 0.4) is 0 Å². The second-order valence-corrected chi connectivity index (χ2v) is 7.17. The number of carbonyl (C=O) groups is 1. The predicted molar refractivity (Wildman–Crippen MR) is 99.5 cm³/mol. The average Bonchev–Trinajstić information content (AvgIpc) is 3.04. The third-order valence-corrected chi connectivity index (χ3v) is 5.51. The Balaban J connectivity index is 1.77. The standard InChI is InChI=1S/C20H29N3O/c1-5-15-7-6-8-17-18(13-21-19(15)17)20(24)22(4)16-9-11-23(12-10-16)14(2)3/h6-8,13-14,16,21H,5,9-12H2,1-4H3. The lowest BCUT2D eigenvalue weighted by atomic mass is 10.0. The fourth-order valence-corrected chi connectivity index (χ4v) is 3.83. The number of hydrogen-bond acceptors (Lipinski definition) is 2. The molecular formula is C20H29N3O. The summed E-state index contributed by atoms with van der Waals surface area (Å²) in [5, 5.41) is 1.05. The Kier molecular flexibility index (Phi) is 4.95. The molecule has 0 saturated carbocycles. The van der Waals surface area contributed by atoms with E-state index < -0.39 is 0 Å². The molecule has 0 atom stereocenters. The normalized spacial score (nSPS) is 16.9. The topological polar surface area (TPSA) is 39.3 Å². The van der Waals surface area contributed by atoms with Crippen LogP contribution < -0.4 is 0 Å². The van der Waals surface area contributed by atoms with Crippen molar-refractivity contribution < 1.29 is 4.79 Å². The lowest BCUT2D eigenvalue weighted by molar-refractivity contribution is 0.0617. The van der Waals surface area contributed by atoms with Crippen LogP contribution >= 0.6 is 0 Å². The van der Waals surface area contributed by atoms with E-state index in [0.29, 0.717) is 12.1 Å². The number of para-hydroxylation sites is 1. The average molecular weight is 327 g/mol. The minimum atomic E-state index is 0.137. The van der Waals surface area contributed by atoms with Crippen molar-refractivity contribution in [3.05, 3.63) is 35.5 Å². The van der Waals surface area contributed by atoms with Gasteiger partial charge in [-0.1, -0.05) is 25.1 Å². The zero-order valence-corrected chi connectivity index (χ0v) is 15.3. The van der Waals surface area contributed by atoms with E-state index in [0.717, 1.165) is 48.8 Å². The van der Waals surface area contributed by atoms with Crippen molar-refractivity contribution in [2.45, 2.75) is 52.1 Å². The molecule has 1 aliphatic heterocycles. The van der Waals surface area contributed by atoms with Crippen LogP contribution in [0.5, 0.6) is 0 Å². The van der Waals surface area contributed by atoms with Gasteiger partial charge < -0.3 is 14.8 Å². The summed E-state index contributed by atoms with van der Waals surface area (Å²) >= 11 is 0. The molecule has 2 aromatic rings. The van der Waals surface area contributed by atoms with Gasteiger partial charge in [-0.15, -0.1) is 0 Å². The molecule has 1 aliphatic rings. The Bertz CT molecular complexity index is 711. The lowest BCUT2D eigenvalue weighted by Crippen LogP contribution is -2.47. The Morgan fingerprint density at radius 1 is 1.33 bits per heavy atom. The van der Waals surface area contributed by atoms with Crippen molar-refractivity contribution in [2.24, 2.45) is 0 Å². The van der Waals surface area contributed by atoms with E-state index in [1.165, 1.54) is 5.56 Å². The molecule has 1 aromatic carbocycles. The fraction of sp³-hybridized carbons (Fsp3) is 0.550. The van der Waals surface area contributed by atoms with Crippen molar-refractivity contribution in [1.29, 1.82) is 0 Å². The lowest BCUT2D eigenvalue weighted by Gasteiger charge is -2.38. The monoisotopic (exact) mass is 327 g/mol. The highest BCUT2D eigenvalue weighted by Crippen LogP contribution is 2.25. The first-order chi connectivity index (χ1) is 11.5. The molecule has 4 heteroatoms. The van der Waals surface area contributed by atoms with E-state index in [-0.39, 0.29) is 5.91 Å². The minimum Gasteiger partial charge on any atom is -0.360 e. The number of aryl methyl sites for hydroxylation is 1. The Morgan fingerprint density at radius 3 is 2.67 bits per heavy atom. The van der Waals surface area contributed by atoms with Gasteiger partial charge in [0.05, 0.1) is 5.56 Å². The number of benzene rings is 1. The number of likely N-dealkylation sites (tertiary alicyclic amines) is 1. The van der Waals surface area contributed by atoms with Crippen molar-refractivity contribution in [1.82, 2.24) is 14.8 Å². The molecular weight excluding hydrogens is 298 g/mol. The van der Waals surface area contributed by atoms with Gasteiger partial charge >= 0.3 is 0 Å². The number of rotatable bonds is 4. The third-order valence-electron chi connectivity index (χ3n) is 5.51. The van der Waals surface area contributed by atoms with Gasteiger partial charge in [-0.2, -0.15) is 0 Å². The number of fused-ring (bicyclic) bond motifs is 1. The third kappa shape index (κ3) is 3.07. The molecule has 4 nitrogen and oxygen atoms in total. The molecule has 1 N–H and O–H groups in total. The van der Waals surface area contributed by atoms with Gasteiger partial charge in [-0.05, 0) is 38.7 Å². The zero-order valence-electron chi connectivity index (χ0n) is 15.3. The molecule has 0 unspecified atom stereocenters. The van der Waals surface area contributed by atoms with Crippen LogP contribution in [0.25, 0.3) is 10.9 Å². The molecule has 1 aromatic heterocycles. The number of carbonyl (C=O) groups excluding carboxylic acids is 1. The highest BCUT2D eigenvalue weighted by atomic mass is 16.2. The summed E-state index contributed by atoms with van der Waals surface area (Å²) < 4.78 is 0. The molecule has 1 fully saturated rings. The summed E-state index contributed by atoms with van der Waals surface area (Å²) in [5.74, 6) is 0.137. The Labute approximate surface area is 144 Å². The van der Waals surface area contributed by atoms with Crippen molar-refractivity contribution in [3.63, 3.8) is 0 Å². The molecule has 2 heterocycles. The maximum Gasteiger partial charge on any atom is 0.256 e. The summed E-state index contributed by atoms with van der Waals surface area (Å²) in [6, 6.07) is 7.15. The highest BCUT2D eigenvalue weighted by molar-refractivity contribution is 6.07. The Morgan fingerprint density at radius 2 is 2.04 bits per heavy atom. The molecule has 0 bridgehead atoms. The minimum absolute atomic E-state index is 0.137. The van der Waals surface area contributed by atoms with Gasteiger partial charge in [0.2, 0.25) is 0 Å². The van der Waals surface area contributed by atoms with E-state index in [4.69, 9.17) is 0 Å². The molecule has 3 rings (SSSR count). The number of nitrogens with one attached hydrogen (secondary N) is 1. The summed E-state index contributed by atoms with van der Waals surface area (Å²) in [5.41, 5.74) is 3.17. The molecule has 1 amide bonds. The molecule has 0 aliphatic carbocycles. The SMILES string of the molecule is CCc1cccc2c(C(=O)N(C)C3CCN(C(C)C)CC3)c[nH]c12. The smallest absolute Gasteiger partial charge is 0.256 e. The zero-order chi connectivity index (χ0) is 17.3. The van der Waals surface area contributed by atoms with Crippen LogP contribution in [0.15, 0.2) is 24.4 Å². The van der Waals surface area contributed by atoms with Gasteiger partial charge in [-0.25, -0.2) is 0 Å². The maximum atomic E-state index is 13.0. The molecule has 0 radical (unpaired) electrons. The van der Waals surface area contributed by atoms with E-state index in [2.05, 4.69) is 36.7 Å². The van der Waals surface area contributed by atoms with Crippen molar-refractivity contribution in [2.75, 3.05) is 20.1 Å². The van der Waals surface area contributed by atoms with Crippen molar-refractivity contribution >= 4 is 16.8 Å². The van der Waals surface area contributed by atoms with E-state index in [1.54, 1.807) is 0 Å². The van der Waals surface area contributed by atoms with Crippen LogP contribution in [0.1, 0.15) is 49.5 Å². The first-order valence-corrected chi connectivity index (χ1v) is 9.13. The summed E-state index contributed by atoms with van der Waals surface area (Å²) in [4.78, 5) is 20.8. The number of amides is 1. The van der Waals surface area contributed by atoms with Crippen LogP contribution in [0.4, 0.5) is 0 Å². The van der Waals surface area contributed by atoms with Gasteiger partial charge in [0.15, 0.2) is 0 Å². The van der Waals surface area contributed by atoms with Gasteiger partial charge in [-0.3, -0.25) is 4.79 Å². The highest BCUT2D eigenvalue weighted by Gasteiger charge is 2.28. The number of hydrogen-bond donors (Lipinski definition) is 1. The van der Waals surface area contributed by atoms with Crippen molar-refractivity contribution in [3.8, 4) is 0 Å². The van der Waals surface area contributed by atoms with E-state index in [9.17, 15) is 4.79 Å². The molecule has 130 valence electrons. The fourth-order valence-electron chi connectivity index (χ4n) is 3.83. The molecule has 24 heavy (non-hydrogen) atoms. The molecule has 1 saturated heterocycles. The maximum absolute atomic E-state index is 13.0. The summed E-state index contributed by atoms with van der Waals surface area (Å²) in [6.45, 7) is 8.78. The molecule has 0 spiro atoms. The van der Waals surface area contributed by atoms with Crippen LogP contribution in [-0.2, 0) is 6.42 Å². The predicted octanol–water partition coefficient (Wildman–Crippen LogP) is 3.68. The number of aromatic amines is 1. The number of piperidine rings is 1.